The summed E-state index contributed by atoms with van der Waals surface area (Å²) in [6, 6.07) is 21.6. The molecule has 2 aromatic carbocycles. The van der Waals surface area contributed by atoms with E-state index in [1.54, 1.807) is 0 Å². The van der Waals surface area contributed by atoms with Crippen LogP contribution in [0.25, 0.3) is 11.0 Å². The number of pyridine rings is 1. The molecule has 1 unspecified atom stereocenters. The van der Waals surface area contributed by atoms with Gasteiger partial charge >= 0.3 is 0 Å². The van der Waals surface area contributed by atoms with Crippen molar-refractivity contribution in [3.05, 3.63) is 95.1 Å². The summed E-state index contributed by atoms with van der Waals surface area (Å²) in [5.74, 6) is 0.999. The standard InChI is InChI=1S/C28H32N6/c1-33(2)20-29-17-21-12-14-22(15-13-21)18-34(19-27-31-24-9-3-4-10-25(24)32-27)26-11-5-7-23-8-6-16-30-28(23)26/h3-4,6,8-10,12-16,20,26H,5,7,11,17-19H2,1-2H3,(H,31,32). The van der Waals surface area contributed by atoms with Crippen molar-refractivity contribution in [3.63, 3.8) is 0 Å². The molecule has 0 fully saturated rings. The smallest absolute Gasteiger partial charge is 0.121 e. The van der Waals surface area contributed by atoms with E-state index in [1.807, 2.05) is 43.7 Å². The average Bonchev–Trinajstić information content (AvgIpc) is 3.26. The molecule has 0 aliphatic heterocycles. The molecule has 0 amide bonds. The highest BCUT2D eigenvalue weighted by atomic mass is 15.2. The lowest BCUT2D eigenvalue weighted by molar-refractivity contribution is 0.153. The van der Waals surface area contributed by atoms with E-state index in [-0.39, 0.29) is 6.04 Å². The fraction of sp³-hybridized carbons (Fsp3) is 0.321. The maximum Gasteiger partial charge on any atom is 0.121 e. The molecule has 6 heteroatoms. The second kappa shape index (κ2) is 10.2. The van der Waals surface area contributed by atoms with Gasteiger partial charge in [0.2, 0.25) is 0 Å². The van der Waals surface area contributed by atoms with Crippen molar-refractivity contribution in [2.75, 3.05) is 14.1 Å². The number of aryl methyl sites for hydroxylation is 1. The van der Waals surface area contributed by atoms with Crippen LogP contribution in [-0.2, 0) is 26.1 Å². The second-order valence-electron chi connectivity index (χ2n) is 9.30. The number of aromatic amines is 1. The fourth-order valence-electron chi connectivity index (χ4n) is 4.78. The van der Waals surface area contributed by atoms with Crippen LogP contribution in [0, 0.1) is 0 Å². The Morgan fingerprint density at radius 1 is 1.00 bits per heavy atom. The van der Waals surface area contributed by atoms with Crippen molar-refractivity contribution in [1.82, 2.24) is 24.8 Å². The normalized spacial score (nSPS) is 15.8. The molecule has 0 saturated carbocycles. The Kier molecular flexibility index (Phi) is 6.67. The molecule has 2 heterocycles. The molecule has 0 saturated heterocycles. The van der Waals surface area contributed by atoms with Gasteiger partial charge < -0.3 is 9.88 Å². The lowest BCUT2D eigenvalue weighted by atomic mass is 9.90. The number of benzene rings is 2. The number of fused-ring (bicyclic) bond motifs is 2. The maximum atomic E-state index is 4.87. The van der Waals surface area contributed by atoms with Crippen LogP contribution in [0.1, 0.15) is 47.1 Å². The first-order valence-electron chi connectivity index (χ1n) is 12.0. The van der Waals surface area contributed by atoms with Crippen LogP contribution in [0.2, 0.25) is 0 Å². The number of H-pyrrole nitrogens is 1. The van der Waals surface area contributed by atoms with E-state index < -0.39 is 0 Å². The van der Waals surface area contributed by atoms with Crippen LogP contribution in [0.4, 0.5) is 0 Å². The first kappa shape index (κ1) is 22.3. The molecule has 6 nitrogen and oxygen atoms in total. The Bertz CT molecular complexity index is 1220. The zero-order chi connectivity index (χ0) is 23.3. The number of aliphatic imine (C=N–C) groups is 1. The number of hydrogen-bond acceptors (Lipinski definition) is 4. The molecule has 4 aromatic rings. The Morgan fingerprint density at radius 2 is 1.82 bits per heavy atom. The molecule has 1 atom stereocenters. The van der Waals surface area contributed by atoms with Gasteiger partial charge in [0, 0.05) is 26.8 Å². The van der Waals surface area contributed by atoms with Crippen LogP contribution < -0.4 is 0 Å². The van der Waals surface area contributed by atoms with Crippen LogP contribution in [0.15, 0.2) is 71.9 Å². The number of nitrogens with one attached hydrogen (secondary N) is 1. The third-order valence-corrected chi connectivity index (χ3v) is 6.39. The van der Waals surface area contributed by atoms with Gasteiger partial charge in [0.15, 0.2) is 0 Å². The molecule has 1 N–H and O–H groups in total. The minimum Gasteiger partial charge on any atom is -0.369 e. The van der Waals surface area contributed by atoms with Gasteiger partial charge in [0.1, 0.15) is 5.82 Å². The van der Waals surface area contributed by atoms with Crippen molar-refractivity contribution < 1.29 is 0 Å². The number of imidazole rings is 1. The van der Waals surface area contributed by atoms with E-state index >= 15 is 0 Å². The van der Waals surface area contributed by atoms with Gasteiger partial charge in [-0.25, -0.2) is 4.98 Å². The van der Waals surface area contributed by atoms with E-state index in [1.165, 1.54) is 28.8 Å². The minimum atomic E-state index is 0.280. The zero-order valence-corrected chi connectivity index (χ0v) is 20.0. The highest BCUT2D eigenvalue weighted by Gasteiger charge is 2.28. The van der Waals surface area contributed by atoms with Gasteiger partial charge in [-0.05, 0) is 54.2 Å². The van der Waals surface area contributed by atoms with E-state index in [0.29, 0.717) is 6.54 Å². The van der Waals surface area contributed by atoms with E-state index in [4.69, 9.17) is 9.97 Å². The molecule has 34 heavy (non-hydrogen) atoms. The summed E-state index contributed by atoms with van der Waals surface area (Å²) in [6.07, 6.45) is 7.20. The number of nitrogens with zero attached hydrogens (tertiary/aromatic N) is 5. The molecular weight excluding hydrogens is 420 g/mol. The monoisotopic (exact) mass is 452 g/mol. The van der Waals surface area contributed by atoms with E-state index in [2.05, 4.69) is 63.4 Å². The lowest BCUT2D eigenvalue weighted by Gasteiger charge is -2.34. The summed E-state index contributed by atoms with van der Waals surface area (Å²) in [6.45, 7) is 2.30. The first-order valence-corrected chi connectivity index (χ1v) is 12.0. The molecule has 174 valence electrons. The van der Waals surface area contributed by atoms with Gasteiger partial charge in [0.25, 0.3) is 0 Å². The molecule has 0 bridgehead atoms. The Balaban J connectivity index is 1.40. The quantitative estimate of drug-likeness (QED) is 0.297. The van der Waals surface area contributed by atoms with Crippen molar-refractivity contribution >= 4 is 17.4 Å². The molecule has 0 spiro atoms. The van der Waals surface area contributed by atoms with Gasteiger partial charge in [-0.1, -0.05) is 42.5 Å². The van der Waals surface area contributed by atoms with Crippen molar-refractivity contribution in [3.8, 4) is 0 Å². The van der Waals surface area contributed by atoms with Crippen LogP contribution in [-0.4, -0.2) is 45.2 Å². The average molecular weight is 453 g/mol. The summed E-state index contributed by atoms with van der Waals surface area (Å²) >= 11 is 0. The highest BCUT2D eigenvalue weighted by molar-refractivity contribution is 5.74. The van der Waals surface area contributed by atoms with Gasteiger partial charge in [-0.15, -0.1) is 0 Å². The Morgan fingerprint density at radius 3 is 2.65 bits per heavy atom. The number of hydrogen-bond donors (Lipinski definition) is 1. The largest absolute Gasteiger partial charge is 0.369 e. The molecule has 2 aromatic heterocycles. The SMILES string of the molecule is CN(C)C=NCc1ccc(CN(Cc2nc3ccccc3[nH]2)C2CCCc3cccnc32)cc1. The third-order valence-electron chi connectivity index (χ3n) is 6.39. The summed E-state index contributed by atoms with van der Waals surface area (Å²) in [5, 5.41) is 0. The van der Waals surface area contributed by atoms with Crippen molar-refractivity contribution in [2.45, 2.75) is 44.9 Å². The predicted octanol–water partition coefficient (Wildman–Crippen LogP) is 5.13. The third kappa shape index (κ3) is 5.18. The number of para-hydroxylation sites is 2. The van der Waals surface area contributed by atoms with E-state index in [0.717, 1.165) is 42.8 Å². The first-order chi connectivity index (χ1) is 16.7. The predicted molar refractivity (Wildman–Crippen MR) is 138 cm³/mol. The lowest BCUT2D eigenvalue weighted by Crippen LogP contribution is -2.31. The Labute approximate surface area is 201 Å². The minimum absolute atomic E-state index is 0.280. The topological polar surface area (TPSA) is 60.4 Å². The fourth-order valence-corrected chi connectivity index (χ4v) is 4.78. The van der Waals surface area contributed by atoms with Crippen molar-refractivity contribution in [1.29, 1.82) is 0 Å². The van der Waals surface area contributed by atoms with Gasteiger partial charge in [0.05, 0.1) is 42.2 Å². The van der Waals surface area contributed by atoms with Crippen LogP contribution in [0.3, 0.4) is 0 Å². The summed E-state index contributed by atoms with van der Waals surface area (Å²) in [5.41, 5.74) is 7.21. The maximum absolute atomic E-state index is 4.87. The van der Waals surface area contributed by atoms with Crippen LogP contribution >= 0.6 is 0 Å². The molecule has 5 rings (SSSR count). The zero-order valence-electron chi connectivity index (χ0n) is 20.0. The summed E-state index contributed by atoms with van der Waals surface area (Å²) < 4.78 is 0. The molecule has 0 radical (unpaired) electrons. The number of aromatic nitrogens is 3. The molecular formula is C28H32N6. The number of rotatable bonds is 8. The van der Waals surface area contributed by atoms with Gasteiger partial charge in [-0.3, -0.25) is 14.9 Å². The van der Waals surface area contributed by atoms with Gasteiger partial charge in [-0.2, -0.15) is 0 Å². The summed E-state index contributed by atoms with van der Waals surface area (Å²) in [7, 11) is 3.98. The van der Waals surface area contributed by atoms with Crippen LogP contribution in [0.5, 0.6) is 0 Å². The summed E-state index contributed by atoms with van der Waals surface area (Å²) in [4.78, 5) is 22.2. The second-order valence-corrected chi connectivity index (χ2v) is 9.30. The molecule has 1 aliphatic carbocycles. The van der Waals surface area contributed by atoms with Crippen molar-refractivity contribution in [2.24, 2.45) is 4.99 Å². The van der Waals surface area contributed by atoms with E-state index in [9.17, 15) is 0 Å². The highest BCUT2D eigenvalue weighted by Crippen LogP contribution is 2.34. The Hall–Kier alpha value is -3.51. The molecule has 1 aliphatic rings.